The van der Waals surface area contributed by atoms with Crippen LogP contribution < -0.4 is 0 Å². The molecule has 0 aliphatic rings. The molecule has 2 N–H and O–H groups in total. The molecule has 1 aromatic heterocycles. The Labute approximate surface area is 124 Å². The minimum atomic E-state index is -3.71. The first-order valence-electron chi connectivity index (χ1n) is 6.89. The summed E-state index contributed by atoms with van der Waals surface area (Å²) in [7, 11) is -3.71. The number of hydrogen-bond acceptors (Lipinski definition) is 5. The Morgan fingerprint density at radius 2 is 1.81 bits per heavy atom. The predicted octanol–water partition coefficient (Wildman–Crippen LogP) is 2.51. The number of aromatic nitrogens is 3. The van der Waals surface area contributed by atoms with E-state index in [9.17, 15) is 8.42 Å². The van der Waals surface area contributed by atoms with E-state index < -0.39 is 10.1 Å². The maximum atomic E-state index is 10.2. The van der Waals surface area contributed by atoms with Crippen LogP contribution in [0.25, 0.3) is 11.0 Å². The molecule has 0 bridgehead atoms. The number of unbranched alkanes of at least 4 members (excludes halogenated alkanes) is 4. The van der Waals surface area contributed by atoms with Crippen molar-refractivity contribution < 1.29 is 18.2 Å². The summed E-state index contributed by atoms with van der Waals surface area (Å²) in [5.41, 5.74) is 1.33. The molecule has 0 saturated heterocycles. The number of nitrogens with zero attached hydrogens (tertiary/aromatic N) is 3. The average Bonchev–Trinajstić information content (AvgIpc) is 2.81. The molecule has 21 heavy (non-hydrogen) atoms. The Kier molecular flexibility index (Phi) is 7.10. The van der Waals surface area contributed by atoms with Crippen molar-refractivity contribution in [3.63, 3.8) is 0 Å². The molecule has 2 aromatic rings. The van der Waals surface area contributed by atoms with Gasteiger partial charge in [0.05, 0.1) is 5.75 Å². The molecule has 2 rings (SSSR count). The Bertz CT molecular complexity index is 640. The molecule has 0 saturated carbocycles. The van der Waals surface area contributed by atoms with Gasteiger partial charge in [-0.1, -0.05) is 49.6 Å². The smallest absolute Gasteiger partial charge is 0.264 e. The summed E-state index contributed by atoms with van der Waals surface area (Å²) in [5.74, 6) is -0.0866. The molecule has 1 heterocycles. The molecule has 118 valence electrons. The summed E-state index contributed by atoms with van der Waals surface area (Å²) in [4.78, 5) is 0.759. The molecule has 0 atom stereocenters. The Morgan fingerprint density at radius 1 is 1.14 bits per heavy atom. The van der Waals surface area contributed by atoms with E-state index in [0.29, 0.717) is 17.5 Å². The van der Waals surface area contributed by atoms with Gasteiger partial charge in [-0.3, -0.25) is 4.55 Å². The van der Waals surface area contributed by atoms with Gasteiger partial charge in [-0.05, 0) is 23.8 Å². The van der Waals surface area contributed by atoms with Crippen molar-refractivity contribution in [3.8, 4) is 0 Å². The van der Waals surface area contributed by atoms with E-state index in [0.717, 1.165) is 30.5 Å². The zero-order valence-corrected chi connectivity index (χ0v) is 12.8. The predicted molar refractivity (Wildman–Crippen MR) is 79.9 cm³/mol. The van der Waals surface area contributed by atoms with Crippen LogP contribution in [-0.2, 0) is 10.1 Å². The second-order valence-corrected chi connectivity index (χ2v) is 6.24. The Balaban J connectivity index is 0.000000210. The molecule has 8 heteroatoms. The van der Waals surface area contributed by atoms with Crippen molar-refractivity contribution in [1.29, 1.82) is 0 Å². The fraction of sp³-hybridized carbons (Fsp3) is 0.538. The maximum Gasteiger partial charge on any atom is 0.264 e. The van der Waals surface area contributed by atoms with E-state index in [1.54, 1.807) is 12.1 Å². The van der Waals surface area contributed by atoms with Crippen LogP contribution in [-0.4, -0.2) is 39.1 Å². The SMILES string of the molecule is CCCCCCCS(=O)(=O)O.On1nnc2ccccc21. The molecule has 0 aliphatic heterocycles. The van der Waals surface area contributed by atoms with Crippen molar-refractivity contribution in [1.82, 2.24) is 15.2 Å². The normalized spacial score (nSPS) is 11.1. The molecule has 0 fully saturated rings. The topological polar surface area (TPSA) is 105 Å². The summed E-state index contributed by atoms with van der Waals surface area (Å²) < 4.78 is 28.8. The van der Waals surface area contributed by atoms with E-state index in [-0.39, 0.29) is 5.75 Å². The summed E-state index contributed by atoms with van der Waals surface area (Å²) in [6.07, 6.45) is 4.83. The molecular formula is C13H21N3O4S. The number of para-hydroxylation sites is 1. The van der Waals surface area contributed by atoms with Crippen LogP contribution in [0.2, 0.25) is 0 Å². The third kappa shape index (κ3) is 7.05. The summed E-state index contributed by atoms with van der Waals surface area (Å²) in [5, 5.41) is 16.1. The van der Waals surface area contributed by atoms with Gasteiger partial charge in [-0.15, -0.1) is 5.10 Å². The van der Waals surface area contributed by atoms with Crippen LogP contribution in [0.3, 0.4) is 0 Å². The van der Waals surface area contributed by atoms with Crippen LogP contribution in [0.15, 0.2) is 24.3 Å². The minimum absolute atomic E-state index is 0.0866. The molecule has 7 nitrogen and oxygen atoms in total. The lowest BCUT2D eigenvalue weighted by Gasteiger charge is -1.96. The highest BCUT2D eigenvalue weighted by molar-refractivity contribution is 7.85. The number of fused-ring (bicyclic) bond motifs is 1. The number of rotatable bonds is 6. The summed E-state index contributed by atoms with van der Waals surface area (Å²) in [6.45, 7) is 2.10. The quantitative estimate of drug-likeness (QED) is 0.482. The number of hydrogen-bond donors (Lipinski definition) is 2. The fourth-order valence-corrected chi connectivity index (χ4v) is 2.31. The van der Waals surface area contributed by atoms with Gasteiger partial charge < -0.3 is 5.21 Å². The zero-order chi connectivity index (χ0) is 15.7. The van der Waals surface area contributed by atoms with Crippen molar-refractivity contribution in [2.24, 2.45) is 0 Å². The van der Waals surface area contributed by atoms with Crippen LogP contribution >= 0.6 is 0 Å². The minimum Gasteiger partial charge on any atom is -0.410 e. The van der Waals surface area contributed by atoms with Crippen LogP contribution in [0.5, 0.6) is 0 Å². The summed E-state index contributed by atoms with van der Waals surface area (Å²) in [6, 6.07) is 7.19. The zero-order valence-electron chi connectivity index (χ0n) is 12.0. The van der Waals surface area contributed by atoms with Crippen molar-refractivity contribution in [2.75, 3.05) is 5.75 Å². The number of benzene rings is 1. The van der Waals surface area contributed by atoms with Crippen LogP contribution in [0, 0.1) is 0 Å². The third-order valence-electron chi connectivity index (χ3n) is 2.84. The fourth-order valence-electron chi connectivity index (χ4n) is 1.74. The van der Waals surface area contributed by atoms with Crippen LogP contribution in [0.4, 0.5) is 0 Å². The van der Waals surface area contributed by atoms with E-state index >= 15 is 0 Å². The highest BCUT2D eigenvalue weighted by atomic mass is 32.2. The monoisotopic (exact) mass is 315 g/mol. The molecule has 0 unspecified atom stereocenters. The molecule has 0 radical (unpaired) electrons. The lowest BCUT2D eigenvalue weighted by atomic mass is 10.2. The summed E-state index contributed by atoms with van der Waals surface area (Å²) >= 11 is 0. The molecule has 1 aromatic carbocycles. The van der Waals surface area contributed by atoms with Gasteiger partial charge in [0, 0.05) is 0 Å². The molecule has 0 aliphatic carbocycles. The Morgan fingerprint density at radius 3 is 2.43 bits per heavy atom. The standard InChI is InChI=1S/C7H16O3S.C6H5N3O/c1-2-3-4-5-6-7-11(8,9)10;10-9-6-4-2-1-3-5(6)7-8-9/h2-7H2,1H3,(H,8,9,10);1-4,10H. The van der Waals surface area contributed by atoms with Crippen molar-refractivity contribution >= 4 is 21.2 Å². The van der Waals surface area contributed by atoms with E-state index in [1.165, 1.54) is 0 Å². The van der Waals surface area contributed by atoms with Crippen molar-refractivity contribution in [3.05, 3.63) is 24.3 Å². The third-order valence-corrected chi connectivity index (χ3v) is 3.64. The highest BCUT2D eigenvalue weighted by Crippen LogP contribution is 2.06. The van der Waals surface area contributed by atoms with Gasteiger partial charge in [0.25, 0.3) is 10.1 Å². The second-order valence-electron chi connectivity index (χ2n) is 4.67. The molecule has 0 amide bonds. The van der Waals surface area contributed by atoms with Gasteiger partial charge in [0.2, 0.25) is 0 Å². The Hall–Kier alpha value is -1.67. The maximum absolute atomic E-state index is 10.2. The largest absolute Gasteiger partial charge is 0.410 e. The van der Waals surface area contributed by atoms with Crippen molar-refractivity contribution in [2.45, 2.75) is 39.0 Å². The van der Waals surface area contributed by atoms with Gasteiger partial charge in [-0.25, -0.2) is 0 Å². The first-order chi connectivity index (χ1) is 9.94. The lowest BCUT2D eigenvalue weighted by molar-refractivity contribution is 0.155. The van der Waals surface area contributed by atoms with E-state index in [1.807, 2.05) is 12.1 Å². The average molecular weight is 315 g/mol. The first kappa shape index (κ1) is 17.4. The van der Waals surface area contributed by atoms with E-state index in [4.69, 9.17) is 9.76 Å². The second kappa shape index (κ2) is 8.58. The van der Waals surface area contributed by atoms with Gasteiger partial charge in [0.1, 0.15) is 11.0 Å². The van der Waals surface area contributed by atoms with Gasteiger partial charge in [0.15, 0.2) is 0 Å². The first-order valence-corrected chi connectivity index (χ1v) is 8.50. The molecular weight excluding hydrogens is 294 g/mol. The molecule has 0 spiro atoms. The van der Waals surface area contributed by atoms with Gasteiger partial charge in [-0.2, -0.15) is 8.42 Å². The van der Waals surface area contributed by atoms with Crippen LogP contribution in [0.1, 0.15) is 39.0 Å². The van der Waals surface area contributed by atoms with E-state index in [2.05, 4.69) is 17.2 Å². The highest BCUT2D eigenvalue weighted by Gasteiger charge is 2.02. The lowest BCUT2D eigenvalue weighted by Crippen LogP contribution is -2.03. The van der Waals surface area contributed by atoms with Gasteiger partial charge >= 0.3 is 0 Å².